The number of halogens is 2. The average Bonchev–Trinajstić information content (AvgIpc) is 3.31. The number of aromatic amines is 1. The standard InChI is InChI=1S/C27H19ClFN5O2S/c1-14-8-20(25-26(28)37-13-32-25)18-4-3-5-23(24(18)33-14)36-12-21-19(15(2)31-11-22(21)29)9-17-7-6-16(10-30)27(35)34-17/h3-8,11,13H,9,12H2,1-2H3,(H,34,35). The van der Waals surface area contributed by atoms with Gasteiger partial charge in [0.05, 0.1) is 11.7 Å². The molecule has 37 heavy (non-hydrogen) atoms. The first-order valence-corrected chi connectivity index (χ1v) is 12.5. The van der Waals surface area contributed by atoms with E-state index in [2.05, 4.69) is 19.9 Å². The predicted molar refractivity (Wildman–Crippen MR) is 140 cm³/mol. The monoisotopic (exact) mass is 531 g/mol. The van der Waals surface area contributed by atoms with Gasteiger partial charge < -0.3 is 9.72 Å². The number of thiazole rings is 1. The zero-order valence-electron chi connectivity index (χ0n) is 19.8. The van der Waals surface area contributed by atoms with E-state index < -0.39 is 11.4 Å². The molecule has 184 valence electrons. The molecule has 5 rings (SSSR count). The molecule has 0 bridgehead atoms. The summed E-state index contributed by atoms with van der Waals surface area (Å²) in [7, 11) is 0. The highest BCUT2D eigenvalue weighted by Gasteiger charge is 2.18. The van der Waals surface area contributed by atoms with Crippen molar-refractivity contribution in [3.8, 4) is 23.1 Å². The first kappa shape index (κ1) is 24.6. The Bertz CT molecular complexity index is 1760. The summed E-state index contributed by atoms with van der Waals surface area (Å²) < 4.78 is 21.7. The van der Waals surface area contributed by atoms with Crippen LogP contribution in [0.1, 0.15) is 33.8 Å². The molecule has 0 aliphatic carbocycles. The largest absolute Gasteiger partial charge is 0.486 e. The number of benzene rings is 1. The summed E-state index contributed by atoms with van der Waals surface area (Å²) in [5, 5.41) is 9.84. The molecule has 0 aliphatic heterocycles. The maximum absolute atomic E-state index is 15.0. The highest BCUT2D eigenvalue weighted by Crippen LogP contribution is 2.37. The summed E-state index contributed by atoms with van der Waals surface area (Å²) in [5.74, 6) is -0.0312. The quantitative estimate of drug-likeness (QED) is 0.293. The van der Waals surface area contributed by atoms with Crippen molar-refractivity contribution in [3.63, 3.8) is 0 Å². The fourth-order valence-corrected chi connectivity index (χ4v) is 4.97. The van der Waals surface area contributed by atoms with Gasteiger partial charge in [-0.3, -0.25) is 9.78 Å². The fraction of sp³-hybridized carbons (Fsp3) is 0.148. The first-order valence-electron chi connectivity index (χ1n) is 11.2. The summed E-state index contributed by atoms with van der Waals surface area (Å²) in [6, 6.07) is 12.4. The number of aryl methyl sites for hydroxylation is 2. The molecule has 10 heteroatoms. The molecule has 0 atom stereocenters. The number of para-hydroxylation sites is 1. The number of nitrogens with one attached hydrogen (secondary N) is 1. The summed E-state index contributed by atoms with van der Waals surface area (Å²) in [5.41, 5.74) is 6.17. The number of hydrogen-bond donors (Lipinski definition) is 1. The van der Waals surface area contributed by atoms with Crippen molar-refractivity contribution in [1.29, 1.82) is 5.26 Å². The number of nitriles is 1. The third-order valence-electron chi connectivity index (χ3n) is 6.00. The van der Waals surface area contributed by atoms with Gasteiger partial charge >= 0.3 is 0 Å². The van der Waals surface area contributed by atoms with E-state index >= 15 is 4.39 Å². The lowest BCUT2D eigenvalue weighted by molar-refractivity contribution is 0.301. The van der Waals surface area contributed by atoms with Gasteiger partial charge in [-0.05, 0) is 43.7 Å². The van der Waals surface area contributed by atoms with E-state index in [1.807, 2.05) is 31.2 Å². The lowest BCUT2D eigenvalue weighted by atomic mass is 10.0. The first-order chi connectivity index (χ1) is 17.9. The van der Waals surface area contributed by atoms with E-state index in [9.17, 15) is 4.79 Å². The molecule has 0 amide bonds. The minimum absolute atomic E-state index is 0.0125. The van der Waals surface area contributed by atoms with Gasteiger partial charge in [-0.1, -0.05) is 23.7 Å². The molecule has 0 aliphatic rings. The lowest BCUT2D eigenvalue weighted by Gasteiger charge is -2.16. The van der Waals surface area contributed by atoms with Crippen LogP contribution in [0.15, 0.2) is 52.9 Å². The Morgan fingerprint density at radius 2 is 2.03 bits per heavy atom. The Morgan fingerprint density at radius 3 is 2.76 bits per heavy atom. The van der Waals surface area contributed by atoms with Gasteiger partial charge in [0.15, 0.2) is 0 Å². The van der Waals surface area contributed by atoms with Crippen molar-refractivity contribution >= 4 is 33.8 Å². The van der Waals surface area contributed by atoms with Gasteiger partial charge in [-0.25, -0.2) is 14.4 Å². The van der Waals surface area contributed by atoms with Crippen LogP contribution in [0.5, 0.6) is 5.75 Å². The van der Waals surface area contributed by atoms with E-state index in [0.29, 0.717) is 43.8 Å². The number of hydrogen-bond acceptors (Lipinski definition) is 7. The van der Waals surface area contributed by atoms with Gasteiger partial charge in [0.1, 0.15) is 45.4 Å². The Labute approximate surface area is 220 Å². The number of aromatic nitrogens is 4. The van der Waals surface area contributed by atoms with Crippen LogP contribution in [0.4, 0.5) is 4.39 Å². The second kappa shape index (κ2) is 10.1. The third-order valence-corrected chi connectivity index (χ3v) is 7.06. The van der Waals surface area contributed by atoms with E-state index in [1.165, 1.54) is 17.4 Å². The number of H-pyrrole nitrogens is 1. The maximum atomic E-state index is 15.0. The van der Waals surface area contributed by atoms with Crippen LogP contribution < -0.4 is 10.3 Å². The topological polar surface area (TPSA) is 105 Å². The van der Waals surface area contributed by atoms with Crippen LogP contribution in [0.2, 0.25) is 4.34 Å². The summed E-state index contributed by atoms with van der Waals surface area (Å²) in [6.45, 7) is 3.57. The normalized spacial score (nSPS) is 11.0. The molecule has 1 N–H and O–H groups in total. The molecule has 4 heterocycles. The number of ether oxygens (including phenoxy) is 1. The van der Waals surface area contributed by atoms with Crippen LogP contribution in [0.25, 0.3) is 22.2 Å². The van der Waals surface area contributed by atoms with Gasteiger partial charge in [-0.2, -0.15) is 5.26 Å². The third kappa shape index (κ3) is 4.81. The summed E-state index contributed by atoms with van der Waals surface area (Å²) in [6.07, 6.45) is 1.38. The second-order valence-electron chi connectivity index (χ2n) is 8.39. The van der Waals surface area contributed by atoms with Crippen LogP contribution in [0.3, 0.4) is 0 Å². The molecule has 4 aromatic heterocycles. The molecule has 0 radical (unpaired) electrons. The molecular weight excluding hydrogens is 513 g/mol. The van der Waals surface area contributed by atoms with E-state index in [4.69, 9.17) is 21.6 Å². The van der Waals surface area contributed by atoms with E-state index in [-0.39, 0.29) is 18.6 Å². The number of rotatable bonds is 6. The SMILES string of the molecule is Cc1cc(-c2ncsc2Cl)c2cccc(OCc3c(F)cnc(C)c3Cc3ccc(C#N)c(=O)[nH]3)c2n1. The Morgan fingerprint density at radius 1 is 1.19 bits per heavy atom. The predicted octanol–water partition coefficient (Wildman–Crippen LogP) is 5.89. The van der Waals surface area contributed by atoms with Crippen LogP contribution in [0, 0.1) is 31.0 Å². The zero-order valence-corrected chi connectivity index (χ0v) is 21.4. The number of fused-ring (bicyclic) bond motifs is 1. The van der Waals surface area contributed by atoms with Gasteiger partial charge in [0, 0.05) is 40.0 Å². The van der Waals surface area contributed by atoms with Gasteiger partial charge in [0.2, 0.25) is 0 Å². The molecule has 0 saturated carbocycles. The minimum Gasteiger partial charge on any atom is -0.486 e. The smallest absolute Gasteiger partial charge is 0.266 e. The Kier molecular flexibility index (Phi) is 6.70. The van der Waals surface area contributed by atoms with Crippen molar-refractivity contribution in [3.05, 3.63) is 102 Å². The average molecular weight is 532 g/mol. The Hall–Kier alpha value is -4.13. The van der Waals surface area contributed by atoms with E-state index in [0.717, 1.165) is 22.8 Å². The van der Waals surface area contributed by atoms with Crippen molar-refractivity contribution in [2.24, 2.45) is 0 Å². The number of nitrogens with zero attached hydrogens (tertiary/aromatic N) is 4. The van der Waals surface area contributed by atoms with E-state index in [1.54, 1.807) is 24.6 Å². The van der Waals surface area contributed by atoms with Crippen molar-refractivity contribution in [2.45, 2.75) is 26.9 Å². The van der Waals surface area contributed by atoms with Gasteiger partial charge in [-0.15, -0.1) is 11.3 Å². The highest BCUT2D eigenvalue weighted by atomic mass is 35.5. The summed E-state index contributed by atoms with van der Waals surface area (Å²) >= 11 is 7.72. The molecule has 0 fully saturated rings. The lowest BCUT2D eigenvalue weighted by Crippen LogP contribution is -2.14. The minimum atomic E-state index is -0.518. The van der Waals surface area contributed by atoms with Crippen LogP contribution >= 0.6 is 22.9 Å². The van der Waals surface area contributed by atoms with Crippen LogP contribution in [-0.2, 0) is 13.0 Å². The second-order valence-corrected chi connectivity index (χ2v) is 9.85. The van der Waals surface area contributed by atoms with Crippen molar-refractivity contribution < 1.29 is 9.13 Å². The van der Waals surface area contributed by atoms with Gasteiger partial charge in [0.25, 0.3) is 5.56 Å². The fourth-order valence-electron chi connectivity index (χ4n) is 4.18. The molecule has 0 spiro atoms. The van der Waals surface area contributed by atoms with Crippen molar-refractivity contribution in [2.75, 3.05) is 0 Å². The molecule has 5 aromatic rings. The molecule has 7 nitrogen and oxygen atoms in total. The van der Waals surface area contributed by atoms with Crippen LogP contribution in [-0.4, -0.2) is 19.9 Å². The molecule has 0 saturated heterocycles. The summed E-state index contributed by atoms with van der Waals surface area (Å²) in [4.78, 5) is 28.0. The number of pyridine rings is 3. The highest BCUT2D eigenvalue weighted by molar-refractivity contribution is 7.14. The Balaban J connectivity index is 1.52. The molecule has 0 unspecified atom stereocenters. The zero-order chi connectivity index (χ0) is 26.1. The maximum Gasteiger partial charge on any atom is 0.266 e. The molecule has 1 aromatic carbocycles. The van der Waals surface area contributed by atoms with Crippen molar-refractivity contribution in [1.82, 2.24) is 19.9 Å². The molecular formula is C27H19ClFN5O2S.